The highest BCUT2D eigenvalue weighted by Crippen LogP contribution is 2.11. The Morgan fingerprint density at radius 1 is 1.38 bits per heavy atom. The standard InChI is InChI=1S/C13H18O3/c1-4-11(9-15-3)16-13(14)12-8-6-5-7-10(12)2/h5-8,11H,4,9H2,1-3H3. The first-order valence-electron chi connectivity index (χ1n) is 5.44. The molecule has 0 radical (unpaired) electrons. The van der Waals surface area contributed by atoms with Crippen LogP contribution in [0.1, 0.15) is 29.3 Å². The first-order valence-corrected chi connectivity index (χ1v) is 5.44. The van der Waals surface area contributed by atoms with Crippen LogP contribution in [0.2, 0.25) is 0 Å². The molecule has 0 bridgehead atoms. The van der Waals surface area contributed by atoms with E-state index in [1.165, 1.54) is 0 Å². The third-order valence-electron chi connectivity index (χ3n) is 2.45. The summed E-state index contributed by atoms with van der Waals surface area (Å²) in [4.78, 5) is 11.8. The Balaban J connectivity index is 2.68. The van der Waals surface area contributed by atoms with Crippen LogP contribution in [0.4, 0.5) is 0 Å². The lowest BCUT2D eigenvalue weighted by molar-refractivity contribution is 0.00468. The average molecular weight is 222 g/mol. The van der Waals surface area contributed by atoms with Crippen LogP contribution in [-0.2, 0) is 9.47 Å². The van der Waals surface area contributed by atoms with Gasteiger partial charge in [0.15, 0.2) is 0 Å². The third kappa shape index (κ3) is 3.35. The maximum atomic E-state index is 11.8. The molecule has 1 aromatic carbocycles. The highest BCUT2D eigenvalue weighted by molar-refractivity contribution is 5.91. The summed E-state index contributed by atoms with van der Waals surface area (Å²) in [6.45, 7) is 4.30. The number of carbonyl (C=O) groups excluding carboxylic acids is 1. The molecular formula is C13H18O3. The van der Waals surface area contributed by atoms with Gasteiger partial charge in [-0.25, -0.2) is 4.79 Å². The summed E-state index contributed by atoms with van der Waals surface area (Å²) in [7, 11) is 1.60. The Kier molecular flexibility index (Phi) is 4.99. The van der Waals surface area contributed by atoms with E-state index in [-0.39, 0.29) is 12.1 Å². The van der Waals surface area contributed by atoms with Crippen LogP contribution < -0.4 is 0 Å². The fourth-order valence-corrected chi connectivity index (χ4v) is 1.44. The second-order valence-corrected chi connectivity index (χ2v) is 3.71. The average Bonchev–Trinajstić information content (AvgIpc) is 2.28. The molecule has 3 nitrogen and oxygen atoms in total. The summed E-state index contributed by atoms with van der Waals surface area (Å²) in [5.74, 6) is -0.276. The minimum Gasteiger partial charge on any atom is -0.456 e. The van der Waals surface area contributed by atoms with Crippen molar-refractivity contribution in [2.24, 2.45) is 0 Å². The molecule has 88 valence electrons. The number of hydrogen-bond donors (Lipinski definition) is 0. The number of carbonyl (C=O) groups is 1. The molecule has 1 unspecified atom stereocenters. The number of methoxy groups -OCH3 is 1. The van der Waals surface area contributed by atoms with Gasteiger partial charge in [0.25, 0.3) is 0 Å². The SMILES string of the molecule is CCC(COC)OC(=O)c1ccccc1C. The van der Waals surface area contributed by atoms with Gasteiger partial charge >= 0.3 is 5.97 Å². The summed E-state index contributed by atoms with van der Waals surface area (Å²) in [5.41, 5.74) is 1.55. The Morgan fingerprint density at radius 2 is 2.06 bits per heavy atom. The van der Waals surface area contributed by atoms with E-state index in [4.69, 9.17) is 9.47 Å². The van der Waals surface area contributed by atoms with Gasteiger partial charge < -0.3 is 9.47 Å². The van der Waals surface area contributed by atoms with Gasteiger partial charge in [-0.1, -0.05) is 25.1 Å². The van der Waals surface area contributed by atoms with E-state index in [0.29, 0.717) is 12.2 Å². The minimum absolute atomic E-state index is 0.169. The molecule has 0 aromatic heterocycles. The van der Waals surface area contributed by atoms with Crippen molar-refractivity contribution in [2.75, 3.05) is 13.7 Å². The molecule has 1 rings (SSSR count). The molecule has 1 aromatic rings. The topological polar surface area (TPSA) is 35.5 Å². The number of ether oxygens (including phenoxy) is 2. The molecule has 0 saturated carbocycles. The highest BCUT2D eigenvalue weighted by atomic mass is 16.6. The quantitative estimate of drug-likeness (QED) is 0.718. The summed E-state index contributed by atoms with van der Waals surface area (Å²) in [5, 5.41) is 0. The Morgan fingerprint density at radius 3 is 2.62 bits per heavy atom. The second-order valence-electron chi connectivity index (χ2n) is 3.71. The molecule has 0 fully saturated rings. The summed E-state index contributed by atoms with van der Waals surface area (Å²) >= 11 is 0. The minimum atomic E-state index is -0.276. The molecule has 3 heteroatoms. The maximum Gasteiger partial charge on any atom is 0.338 e. The van der Waals surface area contributed by atoms with Gasteiger partial charge in [-0.3, -0.25) is 0 Å². The van der Waals surface area contributed by atoms with Crippen molar-refractivity contribution in [1.29, 1.82) is 0 Å². The van der Waals surface area contributed by atoms with Crippen molar-refractivity contribution in [3.05, 3.63) is 35.4 Å². The van der Waals surface area contributed by atoms with Crippen molar-refractivity contribution < 1.29 is 14.3 Å². The molecular weight excluding hydrogens is 204 g/mol. The van der Waals surface area contributed by atoms with E-state index in [2.05, 4.69) is 0 Å². The van der Waals surface area contributed by atoms with Crippen LogP contribution in [0.15, 0.2) is 24.3 Å². The highest BCUT2D eigenvalue weighted by Gasteiger charge is 2.15. The zero-order valence-electron chi connectivity index (χ0n) is 10.0. The molecule has 0 N–H and O–H groups in total. The summed E-state index contributed by atoms with van der Waals surface area (Å²) < 4.78 is 10.3. The molecule has 0 amide bonds. The normalized spacial score (nSPS) is 12.2. The Bertz CT molecular complexity index is 347. The zero-order valence-corrected chi connectivity index (χ0v) is 10.0. The molecule has 0 aliphatic carbocycles. The largest absolute Gasteiger partial charge is 0.456 e. The first-order chi connectivity index (χ1) is 7.69. The van der Waals surface area contributed by atoms with Gasteiger partial charge in [0.1, 0.15) is 6.10 Å². The fourth-order valence-electron chi connectivity index (χ4n) is 1.44. The lowest BCUT2D eigenvalue weighted by Crippen LogP contribution is -2.22. The lowest BCUT2D eigenvalue weighted by Gasteiger charge is -2.15. The van der Waals surface area contributed by atoms with E-state index in [1.54, 1.807) is 13.2 Å². The number of aryl methyl sites for hydroxylation is 1. The van der Waals surface area contributed by atoms with Crippen molar-refractivity contribution in [3.63, 3.8) is 0 Å². The van der Waals surface area contributed by atoms with Crippen molar-refractivity contribution >= 4 is 5.97 Å². The smallest absolute Gasteiger partial charge is 0.338 e. The molecule has 16 heavy (non-hydrogen) atoms. The molecule has 0 saturated heterocycles. The van der Waals surface area contributed by atoms with Crippen LogP contribution in [0.5, 0.6) is 0 Å². The molecule has 0 aliphatic heterocycles. The van der Waals surface area contributed by atoms with Gasteiger partial charge in [0.2, 0.25) is 0 Å². The van der Waals surface area contributed by atoms with Gasteiger partial charge in [-0.15, -0.1) is 0 Å². The van der Waals surface area contributed by atoms with Gasteiger partial charge in [-0.2, -0.15) is 0 Å². The summed E-state index contributed by atoms with van der Waals surface area (Å²) in [6, 6.07) is 7.41. The lowest BCUT2D eigenvalue weighted by atomic mass is 10.1. The van der Waals surface area contributed by atoms with Gasteiger partial charge in [0, 0.05) is 7.11 Å². The van der Waals surface area contributed by atoms with Crippen LogP contribution in [0.25, 0.3) is 0 Å². The predicted octanol–water partition coefficient (Wildman–Crippen LogP) is 2.58. The number of esters is 1. The van der Waals surface area contributed by atoms with E-state index >= 15 is 0 Å². The maximum absolute atomic E-state index is 11.8. The van der Waals surface area contributed by atoms with E-state index in [9.17, 15) is 4.79 Å². The van der Waals surface area contributed by atoms with Gasteiger partial charge in [-0.05, 0) is 25.0 Å². The molecule has 1 atom stereocenters. The molecule has 0 heterocycles. The van der Waals surface area contributed by atoms with Crippen molar-refractivity contribution in [2.45, 2.75) is 26.4 Å². The van der Waals surface area contributed by atoms with E-state index in [0.717, 1.165) is 12.0 Å². The van der Waals surface area contributed by atoms with Crippen LogP contribution in [0.3, 0.4) is 0 Å². The van der Waals surface area contributed by atoms with Crippen LogP contribution >= 0.6 is 0 Å². The number of benzene rings is 1. The number of hydrogen-bond acceptors (Lipinski definition) is 3. The van der Waals surface area contributed by atoms with Crippen LogP contribution in [-0.4, -0.2) is 25.8 Å². The Hall–Kier alpha value is -1.35. The van der Waals surface area contributed by atoms with E-state index in [1.807, 2.05) is 32.0 Å². The Labute approximate surface area is 96.4 Å². The molecule has 0 spiro atoms. The van der Waals surface area contributed by atoms with Crippen molar-refractivity contribution in [3.8, 4) is 0 Å². The molecule has 0 aliphatic rings. The number of rotatable bonds is 5. The third-order valence-corrected chi connectivity index (χ3v) is 2.45. The van der Waals surface area contributed by atoms with Gasteiger partial charge in [0.05, 0.1) is 12.2 Å². The summed E-state index contributed by atoms with van der Waals surface area (Å²) in [6.07, 6.45) is 0.586. The monoisotopic (exact) mass is 222 g/mol. The zero-order chi connectivity index (χ0) is 12.0. The second kappa shape index (κ2) is 6.28. The fraction of sp³-hybridized carbons (Fsp3) is 0.462. The predicted molar refractivity (Wildman–Crippen MR) is 62.5 cm³/mol. The van der Waals surface area contributed by atoms with Crippen LogP contribution in [0, 0.1) is 6.92 Å². The van der Waals surface area contributed by atoms with E-state index < -0.39 is 0 Å². The first kappa shape index (κ1) is 12.7. The van der Waals surface area contributed by atoms with Crippen molar-refractivity contribution in [1.82, 2.24) is 0 Å².